The Morgan fingerprint density at radius 2 is 0.722 bits per heavy atom. The van der Waals surface area contributed by atoms with Crippen LogP contribution in [-0.2, 0) is 61.2 Å². The highest BCUT2D eigenvalue weighted by atomic mass is 31.2. The van der Waals surface area contributed by atoms with Crippen LogP contribution in [0.25, 0.3) is 0 Å². The number of hydrogen-bond donors (Lipinski definition) is 11. The van der Waals surface area contributed by atoms with Gasteiger partial charge in [0.1, 0.15) is 98.7 Å². The lowest BCUT2D eigenvalue weighted by Gasteiger charge is -2.49. The average Bonchev–Trinajstić information content (AvgIpc) is 0.763. The number of carbonyl (C=O) groups excluding carboxylic acids is 3. The summed E-state index contributed by atoms with van der Waals surface area (Å²) in [5.41, 5.74) is 0. The quantitative estimate of drug-likeness (QED) is 0.00886. The van der Waals surface area contributed by atoms with Gasteiger partial charge in [0.2, 0.25) is 0 Å². The van der Waals surface area contributed by atoms with Gasteiger partial charge in [-0.1, -0.05) is 245 Å². The first-order valence-corrected chi connectivity index (χ1v) is 39.5. The third-order valence-corrected chi connectivity index (χ3v) is 19.8. The molecule has 11 N–H and O–H groups in total. The molecule has 0 amide bonds. The molecule has 3 rings (SSSR count). The fraction of sp³-hybridized carbons (Fsp3) is 0.931. The average molecular weight is 1410 g/mol. The van der Waals surface area contributed by atoms with Crippen LogP contribution < -0.4 is 0 Å². The number of phosphoric acid groups is 1. The summed E-state index contributed by atoms with van der Waals surface area (Å²) < 4.78 is 65.0. The normalized spacial score (nSPS) is 27.8. The van der Waals surface area contributed by atoms with Crippen molar-refractivity contribution < 1.29 is 117 Å². The van der Waals surface area contributed by atoms with Crippen LogP contribution in [0.15, 0.2) is 12.2 Å². The van der Waals surface area contributed by atoms with Crippen molar-refractivity contribution in [2.24, 2.45) is 0 Å². The van der Waals surface area contributed by atoms with E-state index in [1.165, 1.54) is 122 Å². The molecule has 0 aromatic heterocycles. The van der Waals surface area contributed by atoms with Crippen molar-refractivity contribution in [3.8, 4) is 0 Å². The van der Waals surface area contributed by atoms with Crippen molar-refractivity contribution in [3.63, 3.8) is 0 Å². The minimum absolute atomic E-state index is 0.0316. The summed E-state index contributed by atoms with van der Waals surface area (Å²) in [6, 6.07) is 0. The highest BCUT2D eigenvalue weighted by Crippen LogP contribution is 2.49. The van der Waals surface area contributed by atoms with Gasteiger partial charge < -0.3 is 89.1 Å². The summed E-state index contributed by atoms with van der Waals surface area (Å²) in [5.74, 6) is -1.98. The maximum absolute atomic E-state index is 14.3. The van der Waals surface area contributed by atoms with E-state index in [1.807, 2.05) is 0 Å². The number of esters is 3. The van der Waals surface area contributed by atoms with Gasteiger partial charge in [-0.25, -0.2) is 4.57 Å². The topological polar surface area (TPSA) is 374 Å². The molecule has 97 heavy (non-hydrogen) atoms. The summed E-state index contributed by atoms with van der Waals surface area (Å²) in [7, 11) is -5.69. The van der Waals surface area contributed by atoms with Crippen molar-refractivity contribution in [2.75, 3.05) is 26.4 Å². The van der Waals surface area contributed by atoms with Crippen molar-refractivity contribution in [3.05, 3.63) is 12.2 Å². The lowest BCUT2D eigenvalue weighted by molar-refractivity contribution is -0.360. The number of phosphoric ester groups is 1. The molecule has 0 bridgehead atoms. The Bertz CT molecular complexity index is 2060. The van der Waals surface area contributed by atoms with Crippen molar-refractivity contribution >= 4 is 25.7 Å². The van der Waals surface area contributed by atoms with Gasteiger partial charge in [-0.15, -0.1) is 0 Å². The van der Waals surface area contributed by atoms with Crippen LogP contribution in [-0.4, -0.2) is 204 Å². The van der Waals surface area contributed by atoms with Crippen molar-refractivity contribution in [1.29, 1.82) is 0 Å². The molecule has 18 unspecified atom stereocenters. The number of rotatable bonds is 59. The molecule has 3 fully saturated rings. The lowest BCUT2D eigenvalue weighted by Crippen LogP contribution is -2.69. The second-order valence-corrected chi connectivity index (χ2v) is 28.8. The summed E-state index contributed by atoms with van der Waals surface area (Å²) in [5, 5.41) is 110. The molecule has 2 aliphatic heterocycles. The Morgan fingerprint density at radius 3 is 1.12 bits per heavy atom. The van der Waals surface area contributed by atoms with E-state index < -0.39 is 156 Å². The van der Waals surface area contributed by atoms with Gasteiger partial charge in [-0.2, -0.15) is 0 Å². The second-order valence-electron chi connectivity index (χ2n) is 27.4. The van der Waals surface area contributed by atoms with E-state index in [0.29, 0.717) is 19.3 Å². The molecule has 570 valence electrons. The highest BCUT2D eigenvalue weighted by molar-refractivity contribution is 7.47. The monoisotopic (exact) mass is 1410 g/mol. The molecule has 1 saturated carbocycles. The van der Waals surface area contributed by atoms with Crippen LogP contribution in [0, 0.1) is 0 Å². The van der Waals surface area contributed by atoms with E-state index >= 15 is 0 Å². The third-order valence-electron chi connectivity index (χ3n) is 18.8. The number of aliphatic hydroxyl groups excluding tert-OH is 10. The van der Waals surface area contributed by atoms with Crippen LogP contribution >= 0.6 is 7.82 Å². The molecule has 0 aromatic carbocycles. The van der Waals surface area contributed by atoms with E-state index in [4.69, 9.17) is 42.2 Å². The molecule has 25 heteroatoms. The zero-order chi connectivity index (χ0) is 71.1. The molecular formula is C72H133O24P. The molecular weight excluding hydrogens is 1280 g/mol. The third kappa shape index (κ3) is 37.6. The van der Waals surface area contributed by atoms with E-state index in [1.54, 1.807) is 0 Å². The van der Waals surface area contributed by atoms with Gasteiger partial charge in [0.25, 0.3) is 0 Å². The van der Waals surface area contributed by atoms with Crippen LogP contribution in [0.5, 0.6) is 0 Å². The molecule has 2 heterocycles. The van der Waals surface area contributed by atoms with Gasteiger partial charge in [-0.3, -0.25) is 23.4 Å². The van der Waals surface area contributed by atoms with Crippen molar-refractivity contribution in [1.82, 2.24) is 0 Å². The Balaban J connectivity index is 1.74. The molecule has 1 aliphatic carbocycles. The number of aliphatic hydroxyl groups is 10. The fourth-order valence-electron chi connectivity index (χ4n) is 12.6. The number of carbonyl (C=O) groups is 3. The summed E-state index contributed by atoms with van der Waals surface area (Å²) in [4.78, 5) is 51.0. The smallest absolute Gasteiger partial charge is 0.463 e. The van der Waals surface area contributed by atoms with Gasteiger partial charge in [0.05, 0.1) is 13.2 Å². The molecule has 3 aliphatic rings. The van der Waals surface area contributed by atoms with Crippen LogP contribution in [0.1, 0.15) is 297 Å². The zero-order valence-corrected chi connectivity index (χ0v) is 60.3. The van der Waals surface area contributed by atoms with Crippen LogP contribution in [0.3, 0.4) is 0 Å². The molecule has 2 saturated heterocycles. The Morgan fingerprint density at radius 1 is 0.392 bits per heavy atom. The molecule has 0 radical (unpaired) electrons. The van der Waals surface area contributed by atoms with Crippen LogP contribution in [0.4, 0.5) is 0 Å². The number of unbranched alkanes of at least 4 members (excludes halogenated alkanes) is 36. The maximum Gasteiger partial charge on any atom is 0.472 e. The van der Waals surface area contributed by atoms with E-state index in [2.05, 4.69) is 32.9 Å². The molecule has 0 spiro atoms. The van der Waals surface area contributed by atoms with Gasteiger partial charge in [0.15, 0.2) is 18.7 Å². The minimum atomic E-state index is -5.69. The highest BCUT2D eigenvalue weighted by Gasteiger charge is 2.58. The largest absolute Gasteiger partial charge is 0.472 e. The van der Waals surface area contributed by atoms with Gasteiger partial charge in [0, 0.05) is 19.3 Å². The number of ether oxygens (including phenoxy) is 7. The Kier molecular flexibility index (Phi) is 49.8. The fourth-order valence-corrected chi connectivity index (χ4v) is 13.5. The second kappa shape index (κ2) is 54.4. The van der Waals surface area contributed by atoms with E-state index in [9.17, 15) is 74.9 Å². The molecule has 18 atom stereocenters. The SMILES string of the molecule is CCCCCC/C=C\CCCCCCCCCC(=O)OCC(COP(=O)(O)OC1C(OC2OC(CO)C(O)C(O)C2O)C(O)C(O)C(O)C1OC1OC(COC(=O)CCCCCCCCCCCCC)C(O)C(O)C1O)OC(=O)CCCCCCCCCCCCCCCCCC. The van der Waals surface area contributed by atoms with Crippen LogP contribution in [0.2, 0.25) is 0 Å². The number of hydrogen-bond acceptors (Lipinski definition) is 23. The maximum atomic E-state index is 14.3. The Hall–Kier alpha value is -2.30. The van der Waals surface area contributed by atoms with Crippen molar-refractivity contribution in [2.45, 2.75) is 401 Å². The zero-order valence-electron chi connectivity index (χ0n) is 59.4. The van der Waals surface area contributed by atoms with Gasteiger partial charge >= 0.3 is 25.7 Å². The summed E-state index contributed by atoms with van der Waals surface area (Å²) in [6.07, 6.45) is 12.8. The first-order chi connectivity index (χ1) is 46.8. The molecule has 24 nitrogen and oxygen atoms in total. The minimum Gasteiger partial charge on any atom is -0.463 e. The first-order valence-electron chi connectivity index (χ1n) is 38.0. The Labute approximate surface area is 580 Å². The number of allylic oxidation sites excluding steroid dienone is 2. The summed E-state index contributed by atoms with van der Waals surface area (Å²) in [6.45, 7) is 3.43. The molecule has 0 aromatic rings. The predicted molar refractivity (Wildman–Crippen MR) is 365 cm³/mol. The first kappa shape index (κ1) is 88.9. The lowest BCUT2D eigenvalue weighted by atomic mass is 9.84. The van der Waals surface area contributed by atoms with E-state index in [-0.39, 0.29) is 19.3 Å². The summed E-state index contributed by atoms with van der Waals surface area (Å²) >= 11 is 0. The van der Waals surface area contributed by atoms with Gasteiger partial charge in [-0.05, 0) is 44.9 Å². The predicted octanol–water partition coefficient (Wildman–Crippen LogP) is 10.4. The van der Waals surface area contributed by atoms with E-state index in [0.717, 1.165) is 116 Å². The standard InChI is InChI=1S/C72H133O24P/c1-4-7-10-13-16-19-22-24-26-28-30-33-36-39-42-45-48-58(76)91-53(50-88-56(74)46-43-40-37-35-32-29-27-25-23-20-17-14-11-8-5-2)51-90-97(86,87)96-70-68(94-71-66(84)61(79)59(77)54(49-73)92-71)64(82)63(81)65(83)69(70)95-72-67(85)62(80)60(78)55(93-72)52-89-57(75)47-44-41-38-34-31-21-18-15-12-9-6-3/h20,23,53-55,59-73,77-85H,4-19,21-22,24-52H2,1-3H3,(H,86,87)/b23-20-.